The van der Waals surface area contributed by atoms with Crippen LogP contribution in [0.3, 0.4) is 0 Å². The third-order valence-electron chi connectivity index (χ3n) is 3.17. The van der Waals surface area contributed by atoms with E-state index in [9.17, 15) is 0 Å². The Morgan fingerprint density at radius 3 is 2.52 bits per heavy atom. The van der Waals surface area contributed by atoms with Crippen LogP contribution in [0.1, 0.15) is 37.6 Å². The predicted octanol–water partition coefficient (Wildman–Crippen LogP) is 3.19. The monoisotopic (exact) mass is 287 g/mol. The minimum absolute atomic E-state index is 0.128. The Balaban J connectivity index is 1.84. The molecule has 2 aromatic heterocycles. The SMILES string of the molecule is CN(Cc1ccoc1)Cc1ccc(CNC(C)(C)C)cn1. The first-order valence-corrected chi connectivity index (χ1v) is 7.31. The van der Waals surface area contributed by atoms with Gasteiger partial charge in [-0.1, -0.05) is 6.07 Å². The van der Waals surface area contributed by atoms with E-state index >= 15 is 0 Å². The molecule has 114 valence electrons. The second kappa shape index (κ2) is 6.87. The highest BCUT2D eigenvalue weighted by Crippen LogP contribution is 2.09. The normalized spacial score (nSPS) is 12.0. The van der Waals surface area contributed by atoms with E-state index < -0.39 is 0 Å². The fourth-order valence-electron chi connectivity index (χ4n) is 2.05. The number of nitrogens with one attached hydrogen (secondary N) is 1. The minimum Gasteiger partial charge on any atom is -0.472 e. The molecule has 21 heavy (non-hydrogen) atoms. The van der Waals surface area contributed by atoms with Crippen LogP contribution >= 0.6 is 0 Å². The second-order valence-electron chi connectivity index (χ2n) is 6.57. The molecule has 2 heterocycles. The molecule has 0 saturated carbocycles. The maximum Gasteiger partial charge on any atom is 0.0947 e. The third-order valence-corrected chi connectivity index (χ3v) is 3.17. The Morgan fingerprint density at radius 1 is 1.14 bits per heavy atom. The van der Waals surface area contributed by atoms with Crippen LogP contribution in [-0.4, -0.2) is 22.5 Å². The van der Waals surface area contributed by atoms with Gasteiger partial charge >= 0.3 is 0 Å². The number of hydrogen-bond donors (Lipinski definition) is 1. The van der Waals surface area contributed by atoms with Crippen molar-refractivity contribution in [3.8, 4) is 0 Å². The van der Waals surface area contributed by atoms with E-state index in [2.05, 4.69) is 55.2 Å². The van der Waals surface area contributed by atoms with Gasteiger partial charge < -0.3 is 9.73 Å². The van der Waals surface area contributed by atoms with Crippen molar-refractivity contribution >= 4 is 0 Å². The molecule has 0 bridgehead atoms. The van der Waals surface area contributed by atoms with Crippen molar-refractivity contribution in [3.05, 3.63) is 53.7 Å². The maximum atomic E-state index is 5.09. The molecular formula is C17H25N3O. The van der Waals surface area contributed by atoms with Crippen LogP contribution in [0.15, 0.2) is 41.3 Å². The summed E-state index contributed by atoms with van der Waals surface area (Å²) in [6.07, 6.45) is 5.45. The third kappa shape index (κ3) is 5.69. The zero-order valence-corrected chi connectivity index (χ0v) is 13.4. The summed E-state index contributed by atoms with van der Waals surface area (Å²) in [5.74, 6) is 0. The Kier molecular flexibility index (Phi) is 5.15. The van der Waals surface area contributed by atoms with Crippen molar-refractivity contribution in [1.82, 2.24) is 15.2 Å². The van der Waals surface area contributed by atoms with E-state index in [0.717, 1.165) is 25.3 Å². The van der Waals surface area contributed by atoms with Gasteiger partial charge in [-0.25, -0.2) is 0 Å². The highest BCUT2D eigenvalue weighted by atomic mass is 16.3. The molecule has 4 nitrogen and oxygen atoms in total. The Bertz CT molecular complexity index is 526. The van der Waals surface area contributed by atoms with Gasteiger partial charge in [0.15, 0.2) is 0 Å². The molecule has 0 unspecified atom stereocenters. The molecule has 0 aromatic carbocycles. The molecule has 0 aliphatic rings. The summed E-state index contributed by atoms with van der Waals surface area (Å²) >= 11 is 0. The summed E-state index contributed by atoms with van der Waals surface area (Å²) in [6.45, 7) is 9.05. The molecule has 0 atom stereocenters. The summed E-state index contributed by atoms with van der Waals surface area (Å²) < 4.78 is 5.09. The number of furan rings is 1. The van der Waals surface area contributed by atoms with Crippen molar-refractivity contribution in [2.45, 2.75) is 45.9 Å². The van der Waals surface area contributed by atoms with Gasteiger partial charge in [0.05, 0.1) is 18.2 Å². The Morgan fingerprint density at radius 2 is 1.95 bits per heavy atom. The molecule has 1 N–H and O–H groups in total. The van der Waals surface area contributed by atoms with Gasteiger partial charge in [0.2, 0.25) is 0 Å². The molecule has 0 aliphatic carbocycles. The molecule has 0 spiro atoms. The molecular weight excluding hydrogens is 262 g/mol. The first-order chi connectivity index (χ1) is 9.92. The van der Waals surface area contributed by atoms with Gasteiger partial charge in [-0.05, 0) is 45.5 Å². The van der Waals surface area contributed by atoms with Crippen LogP contribution in [0.25, 0.3) is 0 Å². The van der Waals surface area contributed by atoms with Crippen molar-refractivity contribution in [2.75, 3.05) is 7.05 Å². The molecule has 0 radical (unpaired) electrons. The van der Waals surface area contributed by atoms with Crippen LogP contribution in [0.2, 0.25) is 0 Å². The summed E-state index contributed by atoms with van der Waals surface area (Å²) in [6, 6.07) is 6.24. The van der Waals surface area contributed by atoms with Crippen molar-refractivity contribution in [3.63, 3.8) is 0 Å². The average Bonchev–Trinajstić information content (AvgIpc) is 2.89. The van der Waals surface area contributed by atoms with E-state index in [4.69, 9.17) is 4.42 Å². The van der Waals surface area contributed by atoms with Crippen LogP contribution in [-0.2, 0) is 19.6 Å². The van der Waals surface area contributed by atoms with Crippen molar-refractivity contribution < 1.29 is 4.42 Å². The van der Waals surface area contributed by atoms with Gasteiger partial charge in [0.1, 0.15) is 0 Å². The lowest BCUT2D eigenvalue weighted by Gasteiger charge is -2.20. The quantitative estimate of drug-likeness (QED) is 0.886. The summed E-state index contributed by atoms with van der Waals surface area (Å²) in [7, 11) is 2.09. The highest BCUT2D eigenvalue weighted by molar-refractivity contribution is 5.14. The summed E-state index contributed by atoms with van der Waals surface area (Å²) in [5, 5.41) is 3.47. The fourth-order valence-corrected chi connectivity index (χ4v) is 2.05. The maximum absolute atomic E-state index is 5.09. The van der Waals surface area contributed by atoms with Gasteiger partial charge in [0, 0.05) is 36.9 Å². The fraction of sp³-hybridized carbons (Fsp3) is 0.471. The largest absolute Gasteiger partial charge is 0.472 e. The molecule has 0 aliphatic heterocycles. The standard InChI is InChI=1S/C17H25N3O/c1-17(2,3)19-10-14-5-6-16(18-9-14)12-20(4)11-15-7-8-21-13-15/h5-9,13,19H,10-12H2,1-4H3. The first-order valence-electron chi connectivity index (χ1n) is 7.31. The van der Waals surface area contributed by atoms with E-state index in [1.807, 2.05) is 12.3 Å². The van der Waals surface area contributed by atoms with Crippen LogP contribution in [0.4, 0.5) is 0 Å². The van der Waals surface area contributed by atoms with Crippen molar-refractivity contribution in [1.29, 1.82) is 0 Å². The molecule has 0 saturated heterocycles. The first kappa shape index (κ1) is 15.7. The van der Waals surface area contributed by atoms with Crippen molar-refractivity contribution in [2.24, 2.45) is 0 Å². The zero-order valence-electron chi connectivity index (χ0n) is 13.4. The molecule has 2 rings (SSSR count). The lowest BCUT2D eigenvalue weighted by atomic mass is 10.1. The summed E-state index contributed by atoms with van der Waals surface area (Å²) in [5.41, 5.74) is 3.61. The number of hydrogen-bond acceptors (Lipinski definition) is 4. The van der Waals surface area contributed by atoms with E-state index in [1.165, 1.54) is 11.1 Å². The van der Waals surface area contributed by atoms with Crippen LogP contribution in [0, 0.1) is 0 Å². The number of rotatable bonds is 6. The second-order valence-corrected chi connectivity index (χ2v) is 6.57. The Hall–Kier alpha value is -1.65. The minimum atomic E-state index is 0.128. The molecule has 0 fully saturated rings. The van der Waals surface area contributed by atoms with Crippen LogP contribution in [0.5, 0.6) is 0 Å². The van der Waals surface area contributed by atoms with E-state index in [0.29, 0.717) is 0 Å². The predicted molar refractivity (Wildman–Crippen MR) is 84.7 cm³/mol. The molecule has 2 aromatic rings. The van der Waals surface area contributed by atoms with Crippen LogP contribution < -0.4 is 5.32 Å². The molecule has 0 amide bonds. The lowest BCUT2D eigenvalue weighted by Crippen LogP contribution is -2.35. The van der Waals surface area contributed by atoms with Gasteiger partial charge in [0.25, 0.3) is 0 Å². The molecule has 4 heteroatoms. The average molecular weight is 287 g/mol. The Labute approximate surface area is 127 Å². The van der Waals surface area contributed by atoms with Gasteiger partial charge in [-0.15, -0.1) is 0 Å². The smallest absolute Gasteiger partial charge is 0.0947 e. The lowest BCUT2D eigenvalue weighted by molar-refractivity contribution is 0.314. The number of pyridine rings is 1. The highest BCUT2D eigenvalue weighted by Gasteiger charge is 2.09. The van der Waals surface area contributed by atoms with E-state index in [1.54, 1.807) is 12.5 Å². The van der Waals surface area contributed by atoms with E-state index in [-0.39, 0.29) is 5.54 Å². The topological polar surface area (TPSA) is 41.3 Å². The number of aromatic nitrogens is 1. The van der Waals surface area contributed by atoms with Gasteiger partial charge in [-0.3, -0.25) is 9.88 Å². The van der Waals surface area contributed by atoms with Gasteiger partial charge in [-0.2, -0.15) is 0 Å². The number of nitrogens with zero attached hydrogens (tertiary/aromatic N) is 2. The summed E-state index contributed by atoms with van der Waals surface area (Å²) in [4.78, 5) is 6.77. The zero-order chi connectivity index (χ0) is 15.3.